The summed E-state index contributed by atoms with van der Waals surface area (Å²) in [5, 5.41) is 17.5. The summed E-state index contributed by atoms with van der Waals surface area (Å²) in [5.41, 5.74) is 1.37. The van der Waals surface area contributed by atoms with Gasteiger partial charge in [-0.2, -0.15) is 5.10 Å². The smallest absolute Gasteiger partial charge is 0.0543 e. The summed E-state index contributed by atoms with van der Waals surface area (Å²) in [6, 6.07) is 0. The van der Waals surface area contributed by atoms with E-state index in [0.717, 1.165) is 25.9 Å². The highest BCUT2D eigenvalue weighted by Gasteiger charge is 2.32. The number of hydrogen-bond acceptors (Lipinski definition) is 3. The molecule has 4 nitrogen and oxygen atoms in total. The van der Waals surface area contributed by atoms with Gasteiger partial charge in [-0.15, -0.1) is 0 Å². The average Bonchev–Trinajstić information content (AvgIpc) is 2.97. The van der Waals surface area contributed by atoms with Crippen LogP contribution in [0, 0.1) is 5.41 Å². The van der Waals surface area contributed by atoms with Crippen LogP contribution in [0.3, 0.4) is 0 Å². The maximum atomic E-state index is 9.57. The molecule has 0 unspecified atom stereocenters. The maximum absolute atomic E-state index is 9.57. The van der Waals surface area contributed by atoms with Crippen LogP contribution in [-0.4, -0.2) is 28.0 Å². The van der Waals surface area contributed by atoms with Crippen molar-refractivity contribution < 1.29 is 5.11 Å². The summed E-state index contributed by atoms with van der Waals surface area (Å²) in [5.74, 6) is 0. The van der Waals surface area contributed by atoms with E-state index < -0.39 is 0 Å². The highest BCUT2D eigenvalue weighted by Crippen LogP contribution is 2.36. The normalized spacial score (nSPS) is 18.9. The number of aliphatic hydroxyl groups is 1. The van der Waals surface area contributed by atoms with E-state index in [9.17, 15) is 5.11 Å². The first-order valence-electron chi connectivity index (χ1n) is 7.31. The third-order valence-electron chi connectivity index (χ3n) is 4.15. The van der Waals surface area contributed by atoms with Crippen molar-refractivity contribution in [2.75, 3.05) is 13.2 Å². The van der Waals surface area contributed by atoms with Crippen LogP contribution in [0.25, 0.3) is 0 Å². The molecule has 0 atom stereocenters. The van der Waals surface area contributed by atoms with Gasteiger partial charge in [0.25, 0.3) is 0 Å². The van der Waals surface area contributed by atoms with Crippen molar-refractivity contribution in [3.63, 3.8) is 0 Å². The van der Waals surface area contributed by atoms with E-state index in [-0.39, 0.29) is 11.0 Å². The van der Waals surface area contributed by atoms with E-state index >= 15 is 0 Å². The first-order chi connectivity index (χ1) is 8.95. The summed E-state index contributed by atoms with van der Waals surface area (Å²) in [6.45, 7) is 8.49. The van der Waals surface area contributed by atoms with Gasteiger partial charge in [-0.25, -0.2) is 0 Å². The van der Waals surface area contributed by atoms with E-state index in [2.05, 4.69) is 37.4 Å². The van der Waals surface area contributed by atoms with E-state index in [1.54, 1.807) is 0 Å². The number of nitrogens with one attached hydrogen (secondary N) is 1. The monoisotopic (exact) mass is 265 g/mol. The molecule has 0 radical (unpaired) electrons. The van der Waals surface area contributed by atoms with Crippen molar-refractivity contribution in [2.45, 2.75) is 58.5 Å². The fraction of sp³-hybridized carbons (Fsp3) is 0.800. The van der Waals surface area contributed by atoms with Crippen molar-refractivity contribution in [1.82, 2.24) is 15.1 Å². The molecule has 1 aliphatic carbocycles. The lowest BCUT2D eigenvalue weighted by molar-refractivity contribution is 0.128. The highest BCUT2D eigenvalue weighted by atomic mass is 16.3. The molecule has 0 saturated heterocycles. The van der Waals surface area contributed by atoms with Crippen LogP contribution in [0.15, 0.2) is 12.4 Å². The second-order valence-electron chi connectivity index (χ2n) is 6.93. The van der Waals surface area contributed by atoms with Crippen molar-refractivity contribution in [3.8, 4) is 0 Å². The molecule has 0 bridgehead atoms. The summed E-state index contributed by atoms with van der Waals surface area (Å²) in [4.78, 5) is 0. The van der Waals surface area contributed by atoms with E-state index in [4.69, 9.17) is 0 Å². The second-order valence-corrected chi connectivity index (χ2v) is 6.93. The fourth-order valence-corrected chi connectivity index (χ4v) is 2.81. The van der Waals surface area contributed by atoms with Crippen LogP contribution in [0.2, 0.25) is 0 Å². The van der Waals surface area contributed by atoms with Crippen LogP contribution in [0.4, 0.5) is 0 Å². The van der Waals surface area contributed by atoms with Gasteiger partial charge in [-0.05, 0) is 33.6 Å². The fourth-order valence-electron chi connectivity index (χ4n) is 2.81. The molecule has 0 amide bonds. The third-order valence-corrected chi connectivity index (χ3v) is 4.15. The second kappa shape index (κ2) is 5.63. The molecule has 2 rings (SSSR count). The molecule has 0 spiro atoms. The van der Waals surface area contributed by atoms with Crippen LogP contribution in [0.5, 0.6) is 0 Å². The molecular formula is C15H27N3O. The summed E-state index contributed by atoms with van der Waals surface area (Å²) in [7, 11) is 0. The summed E-state index contributed by atoms with van der Waals surface area (Å²) >= 11 is 0. The minimum Gasteiger partial charge on any atom is -0.396 e. The maximum Gasteiger partial charge on any atom is 0.0543 e. The van der Waals surface area contributed by atoms with Gasteiger partial charge in [0.1, 0.15) is 0 Å². The zero-order valence-electron chi connectivity index (χ0n) is 12.4. The minimum atomic E-state index is 0.0377. The van der Waals surface area contributed by atoms with Gasteiger partial charge in [-0.3, -0.25) is 4.68 Å². The molecule has 1 aliphatic rings. The standard InChI is InChI=1S/C15H27N3O/c1-14(2,3)18-10-13(9-17-18)8-16-11-15(12-19)6-4-5-7-15/h9-10,16,19H,4-8,11-12H2,1-3H3. The van der Waals surface area contributed by atoms with Crippen LogP contribution in [0.1, 0.15) is 52.0 Å². The predicted molar refractivity (Wildman–Crippen MR) is 76.9 cm³/mol. The molecule has 2 N–H and O–H groups in total. The molecule has 4 heteroatoms. The van der Waals surface area contributed by atoms with Crippen molar-refractivity contribution in [1.29, 1.82) is 0 Å². The van der Waals surface area contributed by atoms with Crippen LogP contribution < -0.4 is 5.32 Å². The largest absolute Gasteiger partial charge is 0.396 e. The van der Waals surface area contributed by atoms with Crippen LogP contribution >= 0.6 is 0 Å². The Morgan fingerprint density at radius 2 is 2.05 bits per heavy atom. The van der Waals surface area contributed by atoms with Crippen molar-refractivity contribution in [3.05, 3.63) is 18.0 Å². The van der Waals surface area contributed by atoms with E-state index in [1.807, 2.05) is 10.9 Å². The Balaban J connectivity index is 1.84. The zero-order valence-corrected chi connectivity index (χ0v) is 12.4. The predicted octanol–water partition coefficient (Wildman–Crippen LogP) is 2.28. The molecule has 0 aliphatic heterocycles. The number of nitrogens with zero attached hydrogens (tertiary/aromatic N) is 2. The molecular weight excluding hydrogens is 238 g/mol. The summed E-state index contributed by atoms with van der Waals surface area (Å²) < 4.78 is 2.00. The Kier molecular flexibility index (Phi) is 4.31. The topological polar surface area (TPSA) is 50.1 Å². The Labute approximate surface area is 116 Å². The Morgan fingerprint density at radius 1 is 1.37 bits per heavy atom. The molecule has 1 fully saturated rings. The van der Waals surface area contributed by atoms with Gasteiger partial charge in [0.15, 0.2) is 0 Å². The van der Waals surface area contributed by atoms with Crippen molar-refractivity contribution >= 4 is 0 Å². The lowest BCUT2D eigenvalue weighted by Gasteiger charge is -2.26. The van der Waals surface area contributed by atoms with Gasteiger partial charge in [0.05, 0.1) is 11.7 Å². The highest BCUT2D eigenvalue weighted by molar-refractivity contribution is 5.05. The molecule has 19 heavy (non-hydrogen) atoms. The molecule has 108 valence electrons. The number of hydrogen-bond donors (Lipinski definition) is 2. The number of aromatic nitrogens is 2. The van der Waals surface area contributed by atoms with E-state index in [0.29, 0.717) is 6.61 Å². The molecule has 1 saturated carbocycles. The Hall–Kier alpha value is -0.870. The lowest BCUT2D eigenvalue weighted by atomic mass is 9.87. The Morgan fingerprint density at radius 3 is 2.58 bits per heavy atom. The third kappa shape index (κ3) is 3.57. The van der Waals surface area contributed by atoms with E-state index in [1.165, 1.54) is 18.4 Å². The SMILES string of the molecule is CC(C)(C)n1cc(CNCC2(CO)CCCC2)cn1. The van der Waals surface area contributed by atoms with Crippen molar-refractivity contribution in [2.24, 2.45) is 5.41 Å². The lowest BCUT2D eigenvalue weighted by Crippen LogP contribution is -2.34. The van der Waals surface area contributed by atoms with Gasteiger partial charge in [0, 0.05) is 36.9 Å². The number of rotatable bonds is 5. The number of aliphatic hydroxyl groups excluding tert-OH is 1. The Bertz CT molecular complexity index is 400. The molecule has 1 aromatic rings. The van der Waals surface area contributed by atoms with Gasteiger partial charge < -0.3 is 10.4 Å². The first kappa shape index (κ1) is 14.5. The molecule has 1 heterocycles. The molecule has 1 aromatic heterocycles. The minimum absolute atomic E-state index is 0.0377. The van der Waals surface area contributed by atoms with Crippen LogP contribution in [-0.2, 0) is 12.1 Å². The molecule has 0 aromatic carbocycles. The summed E-state index contributed by atoms with van der Waals surface area (Å²) in [6.07, 6.45) is 8.84. The average molecular weight is 265 g/mol. The zero-order chi connectivity index (χ0) is 13.9. The quantitative estimate of drug-likeness (QED) is 0.858. The van der Waals surface area contributed by atoms with Gasteiger partial charge >= 0.3 is 0 Å². The van der Waals surface area contributed by atoms with Gasteiger partial charge in [0.2, 0.25) is 0 Å². The first-order valence-corrected chi connectivity index (χ1v) is 7.31. The van der Waals surface area contributed by atoms with Gasteiger partial charge in [-0.1, -0.05) is 12.8 Å².